The highest BCUT2D eigenvalue weighted by atomic mass is 32.1. The highest BCUT2D eigenvalue weighted by molar-refractivity contribution is 7.07. The zero-order valence-corrected chi connectivity index (χ0v) is 17.6. The van der Waals surface area contributed by atoms with Crippen molar-refractivity contribution in [3.05, 3.63) is 96.7 Å². The molecule has 0 radical (unpaired) electrons. The lowest BCUT2D eigenvalue weighted by molar-refractivity contribution is -0.136. The van der Waals surface area contributed by atoms with Crippen LogP contribution >= 0.6 is 11.3 Å². The predicted octanol–water partition coefficient (Wildman–Crippen LogP) is 2.42. The summed E-state index contributed by atoms with van der Waals surface area (Å²) in [4.78, 5) is 31.1. The maximum absolute atomic E-state index is 13.4. The fourth-order valence-corrected chi connectivity index (χ4v) is 4.57. The summed E-state index contributed by atoms with van der Waals surface area (Å²) < 4.78 is 12.4. The third kappa shape index (κ3) is 3.48. The van der Waals surface area contributed by atoms with Gasteiger partial charge in [0.2, 0.25) is 0 Å². The number of nitrogens with zero attached hydrogens (tertiary/aromatic N) is 2. The maximum atomic E-state index is 13.4. The number of esters is 1. The van der Waals surface area contributed by atoms with Crippen LogP contribution in [-0.2, 0) is 9.53 Å². The first-order valence-corrected chi connectivity index (χ1v) is 10.1. The van der Waals surface area contributed by atoms with Gasteiger partial charge in [-0.3, -0.25) is 9.36 Å². The average Bonchev–Trinajstić information content (AvgIpc) is 3.07. The summed E-state index contributed by atoms with van der Waals surface area (Å²) in [6.45, 7) is 1.77. The van der Waals surface area contributed by atoms with Crippen molar-refractivity contribution < 1.29 is 14.3 Å². The molecule has 0 unspecified atom stereocenters. The lowest BCUT2D eigenvalue weighted by atomic mass is 9.96. The molecule has 1 aliphatic rings. The van der Waals surface area contributed by atoms with Crippen molar-refractivity contribution in [1.29, 1.82) is 0 Å². The van der Waals surface area contributed by atoms with E-state index < -0.39 is 12.0 Å². The molecule has 0 spiro atoms. The molecule has 6 nitrogen and oxygen atoms in total. The summed E-state index contributed by atoms with van der Waals surface area (Å²) in [6, 6.07) is 16.3. The number of hydrogen-bond donors (Lipinski definition) is 0. The van der Waals surface area contributed by atoms with Crippen LogP contribution in [0.25, 0.3) is 6.08 Å². The monoisotopic (exact) mass is 420 g/mol. The molecule has 1 atom stereocenters. The quantitative estimate of drug-likeness (QED) is 0.608. The smallest absolute Gasteiger partial charge is 0.338 e. The Kier molecular flexibility index (Phi) is 5.37. The van der Waals surface area contributed by atoms with E-state index in [1.807, 2.05) is 60.7 Å². The molecule has 1 aliphatic heterocycles. The van der Waals surface area contributed by atoms with Crippen molar-refractivity contribution >= 4 is 23.4 Å². The number of fused-ring (bicyclic) bond motifs is 1. The lowest BCUT2D eigenvalue weighted by Crippen LogP contribution is -2.39. The van der Waals surface area contributed by atoms with Gasteiger partial charge in [0, 0.05) is 0 Å². The van der Waals surface area contributed by atoms with E-state index in [0.29, 0.717) is 26.4 Å². The van der Waals surface area contributed by atoms with E-state index in [0.717, 1.165) is 11.1 Å². The van der Waals surface area contributed by atoms with Gasteiger partial charge in [-0.05, 0) is 36.3 Å². The van der Waals surface area contributed by atoms with Crippen molar-refractivity contribution in [1.82, 2.24) is 4.57 Å². The van der Waals surface area contributed by atoms with Crippen LogP contribution in [0.4, 0.5) is 0 Å². The molecule has 0 aliphatic carbocycles. The maximum Gasteiger partial charge on any atom is 0.338 e. The molecule has 3 aromatic rings. The van der Waals surface area contributed by atoms with E-state index in [-0.39, 0.29) is 5.56 Å². The Morgan fingerprint density at radius 1 is 1.13 bits per heavy atom. The Bertz CT molecular complexity index is 1320. The fourth-order valence-electron chi connectivity index (χ4n) is 3.53. The zero-order chi connectivity index (χ0) is 21.3. The number of aromatic nitrogens is 1. The van der Waals surface area contributed by atoms with Gasteiger partial charge in [-0.1, -0.05) is 53.8 Å². The minimum absolute atomic E-state index is 0.204. The number of methoxy groups -OCH3 is 2. The minimum atomic E-state index is -0.595. The average molecular weight is 420 g/mol. The van der Waals surface area contributed by atoms with E-state index >= 15 is 0 Å². The van der Waals surface area contributed by atoms with Crippen LogP contribution in [0.1, 0.15) is 24.1 Å². The fraction of sp³-hybridized carbons (Fsp3) is 0.174. The molecule has 4 rings (SSSR count). The summed E-state index contributed by atoms with van der Waals surface area (Å²) in [5.74, 6) is 0.217. The Labute approximate surface area is 177 Å². The van der Waals surface area contributed by atoms with Gasteiger partial charge in [0.05, 0.1) is 36.1 Å². The van der Waals surface area contributed by atoms with E-state index in [1.54, 1.807) is 18.6 Å². The molecule has 152 valence electrons. The first-order valence-electron chi connectivity index (χ1n) is 9.33. The number of thiazole rings is 1. The number of ether oxygens (including phenoxy) is 2. The summed E-state index contributed by atoms with van der Waals surface area (Å²) in [5, 5.41) is 0. The molecule has 7 heteroatoms. The van der Waals surface area contributed by atoms with Crippen molar-refractivity contribution in [3.63, 3.8) is 0 Å². The van der Waals surface area contributed by atoms with Gasteiger partial charge in [-0.2, -0.15) is 0 Å². The van der Waals surface area contributed by atoms with Crippen molar-refractivity contribution in [2.24, 2.45) is 4.99 Å². The van der Waals surface area contributed by atoms with Gasteiger partial charge < -0.3 is 9.47 Å². The third-order valence-corrected chi connectivity index (χ3v) is 5.92. The molecule has 0 N–H and O–H groups in total. The van der Waals surface area contributed by atoms with Crippen molar-refractivity contribution in [3.8, 4) is 5.75 Å². The summed E-state index contributed by atoms with van der Waals surface area (Å²) >= 11 is 1.29. The highest BCUT2D eigenvalue weighted by Crippen LogP contribution is 2.30. The largest absolute Gasteiger partial charge is 0.497 e. The number of hydrogen-bond acceptors (Lipinski definition) is 6. The topological polar surface area (TPSA) is 69.9 Å². The molecule has 2 aromatic carbocycles. The molecule has 0 saturated carbocycles. The molecular formula is C23H20N2O4S. The number of allylic oxidation sites excluding steroid dienone is 1. The second-order valence-corrected chi connectivity index (χ2v) is 7.77. The third-order valence-electron chi connectivity index (χ3n) is 4.93. The van der Waals surface area contributed by atoms with Crippen LogP contribution in [-0.4, -0.2) is 24.8 Å². The molecule has 0 fully saturated rings. The standard InChI is InChI=1S/C23H20N2O4S/c1-14-19(22(27)29-3)20(16-9-5-4-6-10-16)25-21(26)18(30-23(25)24-14)13-15-8-7-11-17(12-15)28-2/h4-13,20H,1-3H3/b18-13-/t20-/m1/s1. The highest BCUT2D eigenvalue weighted by Gasteiger charge is 2.32. The molecule has 0 saturated heterocycles. The number of rotatable bonds is 4. The summed E-state index contributed by atoms with van der Waals surface area (Å²) in [5.41, 5.74) is 2.37. The molecule has 0 amide bonds. The van der Waals surface area contributed by atoms with Gasteiger partial charge in [-0.15, -0.1) is 0 Å². The normalized spacial score (nSPS) is 16.1. The van der Waals surface area contributed by atoms with Gasteiger partial charge >= 0.3 is 5.97 Å². The van der Waals surface area contributed by atoms with Crippen LogP contribution in [0, 0.1) is 0 Å². The molecule has 0 bridgehead atoms. The zero-order valence-electron chi connectivity index (χ0n) is 16.8. The van der Waals surface area contributed by atoms with E-state index in [2.05, 4.69) is 4.99 Å². The second-order valence-electron chi connectivity index (χ2n) is 6.76. The first kappa shape index (κ1) is 19.8. The first-order chi connectivity index (χ1) is 14.5. The Balaban J connectivity index is 1.96. The van der Waals surface area contributed by atoms with Gasteiger partial charge in [0.1, 0.15) is 5.75 Å². The Morgan fingerprint density at radius 2 is 1.90 bits per heavy atom. The molecule has 2 heterocycles. The molecular weight excluding hydrogens is 400 g/mol. The predicted molar refractivity (Wildman–Crippen MR) is 115 cm³/mol. The van der Waals surface area contributed by atoms with Crippen LogP contribution in [0.5, 0.6) is 5.75 Å². The van der Waals surface area contributed by atoms with E-state index in [4.69, 9.17) is 9.47 Å². The number of carbonyl (C=O) groups is 1. The van der Waals surface area contributed by atoms with Crippen LogP contribution in [0.2, 0.25) is 0 Å². The van der Waals surface area contributed by atoms with Crippen molar-refractivity contribution in [2.75, 3.05) is 14.2 Å². The molecule has 1 aromatic heterocycles. The van der Waals surface area contributed by atoms with Gasteiger partial charge in [0.25, 0.3) is 5.56 Å². The number of benzene rings is 2. The van der Waals surface area contributed by atoms with Gasteiger partial charge in [-0.25, -0.2) is 9.79 Å². The van der Waals surface area contributed by atoms with Crippen LogP contribution < -0.4 is 19.6 Å². The van der Waals surface area contributed by atoms with Crippen LogP contribution in [0.3, 0.4) is 0 Å². The number of carbonyl (C=O) groups excluding carboxylic acids is 1. The summed E-state index contributed by atoms with van der Waals surface area (Å²) in [7, 11) is 2.93. The summed E-state index contributed by atoms with van der Waals surface area (Å²) in [6.07, 6.45) is 1.81. The van der Waals surface area contributed by atoms with E-state index in [9.17, 15) is 9.59 Å². The van der Waals surface area contributed by atoms with Crippen LogP contribution in [0.15, 0.2) is 75.7 Å². The van der Waals surface area contributed by atoms with E-state index in [1.165, 1.54) is 18.4 Å². The second kappa shape index (κ2) is 8.12. The minimum Gasteiger partial charge on any atom is -0.497 e. The Morgan fingerprint density at radius 3 is 2.60 bits per heavy atom. The SMILES string of the molecule is COC(=O)C1=C(C)N=c2s/c(=C\c3cccc(OC)c3)c(=O)n2[C@@H]1c1ccccc1. The lowest BCUT2D eigenvalue weighted by Gasteiger charge is -2.24. The van der Waals surface area contributed by atoms with Crippen molar-refractivity contribution in [2.45, 2.75) is 13.0 Å². The van der Waals surface area contributed by atoms with Gasteiger partial charge in [0.15, 0.2) is 4.80 Å². The molecule has 30 heavy (non-hydrogen) atoms. The Hall–Kier alpha value is -3.45.